The Hall–Kier alpha value is -3.17. The van der Waals surface area contributed by atoms with Gasteiger partial charge in [0.2, 0.25) is 5.95 Å². The molecule has 2 aromatic heterocycles. The first-order valence-corrected chi connectivity index (χ1v) is 16.7. The van der Waals surface area contributed by atoms with E-state index in [4.69, 9.17) is 63.7 Å². The highest BCUT2D eigenvalue weighted by Crippen LogP contribution is 2.34. The Balaban J connectivity index is 0.000000232. The lowest BCUT2D eigenvalue weighted by Gasteiger charge is -2.32. The van der Waals surface area contributed by atoms with E-state index in [1.165, 1.54) is 24.7 Å². The fourth-order valence-electron chi connectivity index (χ4n) is 5.26. The van der Waals surface area contributed by atoms with Gasteiger partial charge in [0.25, 0.3) is 0 Å². The van der Waals surface area contributed by atoms with Crippen molar-refractivity contribution >= 4 is 69.8 Å². The van der Waals surface area contributed by atoms with Crippen LogP contribution in [0.5, 0.6) is 0 Å². The van der Waals surface area contributed by atoms with E-state index in [0.717, 1.165) is 49.6 Å². The molecule has 0 saturated carbocycles. The molecule has 0 amide bonds. The van der Waals surface area contributed by atoms with E-state index in [0.29, 0.717) is 42.4 Å². The molecule has 0 aliphatic carbocycles. The standard InChI is InChI=1S/C24H27Cl2N5.C10H5Cl3N2/c25-20-8-4-7-19(23(20)26)21-15-22(30-24(27)29-21)28-12-9-17-10-13-31(14-11-17)16-18-5-2-1-3-6-18;11-7-3-1-2-6(10(7)13)8-4-9(12)15-5-14-8/h1-8,15,17H,9-14,16H2,(H3,27,28,29,30);1-5H. The Morgan fingerprint density at radius 2 is 1.39 bits per heavy atom. The molecular weight excluding hydrogens is 684 g/mol. The van der Waals surface area contributed by atoms with Crippen LogP contribution in [-0.4, -0.2) is 44.5 Å². The summed E-state index contributed by atoms with van der Waals surface area (Å²) < 4.78 is 0. The van der Waals surface area contributed by atoms with Gasteiger partial charge in [0.05, 0.1) is 31.5 Å². The number of hydrogen-bond donors (Lipinski definition) is 2. The Bertz CT molecular complexity index is 1750. The van der Waals surface area contributed by atoms with Crippen molar-refractivity contribution in [2.24, 2.45) is 5.92 Å². The number of nitrogen functional groups attached to an aromatic ring is 1. The van der Waals surface area contributed by atoms with Gasteiger partial charge in [0, 0.05) is 36.3 Å². The molecule has 12 heteroatoms. The normalized spacial score (nSPS) is 13.6. The van der Waals surface area contributed by atoms with Gasteiger partial charge in [-0.15, -0.1) is 0 Å². The average Bonchev–Trinajstić information content (AvgIpc) is 3.05. The Morgan fingerprint density at radius 1 is 0.739 bits per heavy atom. The molecule has 0 bridgehead atoms. The van der Waals surface area contributed by atoms with Crippen LogP contribution in [0, 0.1) is 5.92 Å². The Morgan fingerprint density at radius 3 is 2.04 bits per heavy atom. The summed E-state index contributed by atoms with van der Waals surface area (Å²) in [6.45, 7) is 4.19. The fraction of sp³-hybridized carbons (Fsp3) is 0.235. The number of aromatic nitrogens is 4. The van der Waals surface area contributed by atoms with E-state index in [2.05, 4.69) is 60.5 Å². The van der Waals surface area contributed by atoms with Crippen molar-refractivity contribution in [3.05, 3.63) is 116 Å². The van der Waals surface area contributed by atoms with Gasteiger partial charge in [-0.25, -0.2) is 15.0 Å². The maximum atomic E-state index is 6.34. The van der Waals surface area contributed by atoms with Crippen LogP contribution in [0.1, 0.15) is 24.8 Å². The zero-order chi connectivity index (χ0) is 32.5. The second-order valence-corrected chi connectivity index (χ2v) is 12.8. The summed E-state index contributed by atoms with van der Waals surface area (Å²) in [5.41, 5.74) is 10.1. The Kier molecular flexibility index (Phi) is 12.3. The summed E-state index contributed by atoms with van der Waals surface area (Å²) in [5, 5.41) is 5.69. The van der Waals surface area contributed by atoms with E-state index in [1.54, 1.807) is 24.3 Å². The Labute approximate surface area is 294 Å². The van der Waals surface area contributed by atoms with E-state index in [9.17, 15) is 0 Å². The molecule has 0 atom stereocenters. The molecule has 3 heterocycles. The smallest absolute Gasteiger partial charge is 0.222 e. The summed E-state index contributed by atoms with van der Waals surface area (Å²) in [5.74, 6) is 1.64. The van der Waals surface area contributed by atoms with Crippen LogP contribution in [0.4, 0.5) is 11.8 Å². The van der Waals surface area contributed by atoms with Gasteiger partial charge in [-0.1, -0.05) is 113 Å². The lowest BCUT2D eigenvalue weighted by Crippen LogP contribution is -2.33. The lowest BCUT2D eigenvalue weighted by molar-refractivity contribution is 0.174. The van der Waals surface area contributed by atoms with Crippen LogP contribution in [0.2, 0.25) is 25.2 Å². The highest BCUT2D eigenvalue weighted by molar-refractivity contribution is 6.44. The zero-order valence-electron chi connectivity index (χ0n) is 24.8. The van der Waals surface area contributed by atoms with Crippen molar-refractivity contribution in [3.63, 3.8) is 0 Å². The van der Waals surface area contributed by atoms with Gasteiger partial charge < -0.3 is 11.1 Å². The minimum absolute atomic E-state index is 0.213. The van der Waals surface area contributed by atoms with Crippen molar-refractivity contribution in [2.75, 3.05) is 30.7 Å². The van der Waals surface area contributed by atoms with Gasteiger partial charge in [-0.2, -0.15) is 4.98 Å². The predicted octanol–water partition coefficient (Wildman–Crippen LogP) is 9.85. The third kappa shape index (κ3) is 9.44. The molecule has 0 unspecified atom stereocenters. The molecule has 46 heavy (non-hydrogen) atoms. The molecule has 1 aliphatic rings. The number of halogens is 5. The monoisotopic (exact) mass is 713 g/mol. The molecule has 3 N–H and O–H groups in total. The minimum Gasteiger partial charge on any atom is -0.370 e. The van der Waals surface area contributed by atoms with Crippen LogP contribution in [0.3, 0.4) is 0 Å². The first-order chi connectivity index (χ1) is 22.3. The molecule has 0 radical (unpaired) electrons. The average molecular weight is 716 g/mol. The largest absolute Gasteiger partial charge is 0.370 e. The number of piperidine rings is 1. The van der Waals surface area contributed by atoms with Crippen molar-refractivity contribution in [2.45, 2.75) is 25.8 Å². The third-order valence-electron chi connectivity index (χ3n) is 7.65. The maximum absolute atomic E-state index is 6.34. The molecule has 238 valence electrons. The van der Waals surface area contributed by atoms with Crippen LogP contribution in [-0.2, 0) is 6.54 Å². The summed E-state index contributed by atoms with van der Waals surface area (Å²) >= 11 is 30.2. The van der Waals surface area contributed by atoms with Crippen molar-refractivity contribution < 1.29 is 0 Å². The van der Waals surface area contributed by atoms with Crippen LogP contribution < -0.4 is 11.1 Å². The molecule has 1 aliphatic heterocycles. The second kappa shape index (κ2) is 16.6. The van der Waals surface area contributed by atoms with Crippen molar-refractivity contribution in [1.29, 1.82) is 0 Å². The number of nitrogens with two attached hydrogens (primary N) is 1. The van der Waals surface area contributed by atoms with Crippen LogP contribution >= 0.6 is 58.0 Å². The highest BCUT2D eigenvalue weighted by atomic mass is 35.5. The van der Waals surface area contributed by atoms with Crippen molar-refractivity contribution in [1.82, 2.24) is 24.8 Å². The molecule has 0 spiro atoms. The van der Waals surface area contributed by atoms with E-state index >= 15 is 0 Å². The quantitative estimate of drug-likeness (QED) is 0.155. The number of hydrogen-bond acceptors (Lipinski definition) is 7. The molecule has 3 aromatic carbocycles. The molecule has 5 aromatic rings. The second-order valence-electron chi connectivity index (χ2n) is 10.8. The van der Waals surface area contributed by atoms with E-state index in [-0.39, 0.29) is 5.95 Å². The maximum Gasteiger partial charge on any atom is 0.222 e. The summed E-state index contributed by atoms with van der Waals surface area (Å²) in [6.07, 6.45) is 4.94. The van der Waals surface area contributed by atoms with Crippen LogP contribution in [0.25, 0.3) is 22.5 Å². The van der Waals surface area contributed by atoms with E-state index < -0.39 is 0 Å². The first-order valence-electron chi connectivity index (χ1n) is 14.8. The molecule has 1 fully saturated rings. The minimum atomic E-state index is 0.213. The number of anilines is 2. The van der Waals surface area contributed by atoms with Gasteiger partial charge in [0.1, 0.15) is 17.3 Å². The molecule has 6 rings (SSSR count). The summed E-state index contributed by atoms with van der Waals surface area (Å²) in [7, 11) is 0. The zero-order valence-corrected chi connectivity index (χ0v) is 28.6. The third-order valence-corrected chi connectivity index (χ3v) is 9.49. The number of likely N-dealkylation sites (tertiary alicyclic amines) is 1. The summed E-state index contributed by atoms with van der Waals surface area (Å²) in [6, 6.07) is 25.0. The predicted molar refractivity (Wildman–Crippen MR) is 192 cm³/mol. The van der Waals surface area contributed by atoms with Gasteiger partial charge in [0.15, 0.2) is 0 Å². The first kappa shape index (κ1) is 34.2. The van der Waals surface area contributed by atoms with Crippen molar-refractivity contribution in [3.8, 4) is 22.5 Å². The fourth-order valence-corrected chi connectivity index (χ4v) is 6.20. The number of rotatable bonds is 8. The number of nitrogens with zero attached hydrogens (tertiary/aromatic N) is 5. The molecular formula is C34H32Cl5N7. The van der Waals surface area contributed by atoms with Gasteiger partial charge in [-0.05, 0) is 56.0 Å². The topological polar surface area (TPSA) is 92.8 Å². The number of benzene rings is 3. The van der Waals surface area contributed by atoms with Gasteiger partial charge >= 0.3 is 0 Å². The SMILES string of the molecule is Clc1cc(-c2cccc(Cl)c2Cl)ncn1.Nc1nc(NCCC2CCN(Cc3ccccc3)CC2)cc(-c2cccc(Cl)c2Cl)n1. The van der Waals surface area contributed by atoms with E-state index in [1.807, 2.05) is 24.3 Å². The molecule has 7 nitrogen and oxygen atoms in total. The number of nitrogens with one attached hydrogen (secondary N) is 1. The summed E-state index contributed by atoms with van der Waals surface area (Å²) in [4.78, 5) is 19.1. The lowest BCUT2D eigenvalue weighted by atomic mass is 9.93. The van der Waals surface area contributed by atoms with Gasteiger partial charge in [-0.3, -0.25) is 4.90 Å². The van der Waals surface area contributed by atoms with Crippen LogP contribution in [0.15, 0.2) is 85.2 Å². The molecule has 1 saturated heterocycles. The highest BCUT2D eigenvalue weighted by Gasteiger charge is 2.19.